The van der Waals surface area contributed by atoms with Crippen molar-refractivity contribution in [3.05, 3.63) is 70.3 Å². The lowest BCUT2D eigenvalue weighted by atomic mass is 10.1. The van der Waals surface area contributed by atoms with E-state index < -0.39 is 11.0 Å². The number of nitro groups is 1. The van der Waals surface area contributed by atoms with E-state index in [2.05, 4.69) is 5.32 Å². The largest absolute Gasteiger partial charge is 0.413 e. The number of amides is 1. The van der Waals surface area contributed by atoms with Crippen molar-refractivity contribution in [2.24, 2.45) is 0 Å². The fourth-order valence-electron chi connectivity index (χ4n) is 1.77. The summed E-state index contributed by atoms with van der Waals surface area (Å²) in [5.41, 5.74) is 0.901. The lowest BCUT2D eigenvalue weighted by Gasteiger charge is -2.14. The number of hydrogen-bond donors (Lipinski definition) is 1. The maximum atomic E-state index is 11.7. The molecule has 0 saturated carbocycles. The molecule has 0 aromatic heterocycles. The molecular formula is C15H14N2O4. The molecule has 0 radical (unpaired) electrons. The molecule has 0 bridgehead atoms. The third-order valence-electron chi connectivity index (χ3n) is 2.89. The van der Waals surface area contributed by atoms with Crippen LogP contribution in [0.1, 0.15) is 18.5 Å². The Morgan fingerprint density at radius 3 is 2.33 bits per heavy atom. The van der Waals surface area contributed by atoms with Gasteiger partial charge in [-0.1, -0.05) is 30.3 Å². The van der Waals surface area contributed by atoms with Crippen LogP contribution in [0.25, 0.3) is 0 Å². The van der Waals surface area contributed by atoms with Crippen LogP contribution in [0.3, 0.4) is 0 Å². The Labute approximate surface area is 121 Å². The predicted octanol–water partition coefficient (Wildman–Crippen LogP) is 3.44. The van der Waals surface area contributed by atoms with E-state index in [0.29, 0.717) is 0 Å². The first-order chi connectivity index (χ1) is 10.1. The van der Waals surface area contributed by atoms with Gasteiger partial charge in [-0.05, 0) is 24.6 Å². The minimum absolute atomic E-state index is 0.0552. The maximum absolute atomic E-state index is 11.7. The zero-order valence-electron chi connectivity index (χ0n) is 11.4. The van der Waals surface area contributed by atoms with Gasteiger partial charge in [-0.3, -0.25) is 10.1 Å². The second-order valence-electron chi connectivity index (χ2n) is 4.42. The number of nitrogens with zero attached hydrogens (tertiary/aromatic N) is 1. The Balaban J connectivity index is 1.94. The molecule has 0 fully saturated rings. The van der Waals surface area contributed by atoms with Crippen molar-refractivity contribution in [2.45, 2.75) is 13.0 Å². The minimum atomic E-state index is -0.611. The fraction of sp³-hybridized carbons (Fsp3) is 0.133. The van der Waals surface area contributed by atoms with E-state index in [0.717, 1.165) is 5.56 Å². The molecule has 0 saturated heterocycles. The number of nitrogens with one attached hydrogen (secondary N) is 1. The van der Waals surface area contributed by atoms with Crippen LogP contribution in [0.15, 0.2) is 54.6 Å². The summed E-state index contributed by atoms with van der Waals surface area (Å²) < 4.78 is 5.07. The molecule has 1 N–H and O–H groups in total. The maximum Gasteiger partial charge on any atom is 0.413 e. The van der Waals surface area contributed by atoms with E-state index in [1.165, 1.54) is 24.3 Å². The predicted molar refractivity (Wildman–Crippen MR) is 77.1 cm³/mol. The molecule has 0 heterocycles. The van der Waals surface area contributed by atoms with Gasteiger partial charge in [0.2, 0.25) is 0 Å². The highest BCUT2D eigenvalue weighted by atomic mass is 16.6. The number of carbonyl (C=O) groups excluding carboxylic acids is 1. The Hall–Kier alpha value is -2.89. The highest BCUT2D eigenvalue weighted by Crippen LogP contribution is 2.18. The van der Waals surface area contributed by atoms with Gasteiger partial charge >= 0.3 is 6.09 Å². The van der Waals surface area contributed by atoms with Crippen molar-refractivity contribution in [1.82, 2.24) is 5.32 Å². The standard InChI is InChI=1S/C15H14N2O4/c1-11(12-5-3-2-4-6-12)16-15(18)21-14-9-7-13(8-10-14)17(19)20/h2-11H,1H3,(H,16,18)/t11-/m0/s1. The zero-order chi connectivity index (χ0) is 15.2. The van der Waals surface area contributed by atoms with E-state index >= 15 is 0 Å². The van der Waals surface area contributed by atoms with Crippen LogP contribution in [0, 0.1) is 10.1 Å². The molecule has 0 aliphatic carbocycles. The van der Waals surface area contributed by atoms with Gasteiger partial charge < -0.3 is 10.1 Å². The quantitative estimate of drug-likeness (QED) is 0.689. The van der Waals surface area contributed by atoms with Gasteiger partial charge in [0.15, 0.2) is 0 Å². The van der Waals surface area contributed by atoms with E-state index in [4.69, 9.17) is 4.74 Å². The van der Waals surface area contributed by atoms with Crippen LogP contribution >= 0.6 is 0 Å². The molecule has 1 amide bonds. The Morgan fingerprint density at radius 1 is 1.14 bits per heavy atom. The number of benzene rings is 2. The summed E-state index contributed by atoms with van der Waals surface area (Å²) in [6.07, 6.45) is -0.611. The smallest absolute Gasteiger partial charge is 0.410 e. The molecule has 2 aromatic carbocycles. The number of nitro benzene ring substituents is 1. The van der Waals surface area contributed by atoms with Crippen LogP contribution in [-0.4, -0.2) is 11.0 Å². The van der Waals surface area contributed by atoms with Gasteiger partial charge in [0.1, 0.15) is 5.75 Å². The molecule has 0 aliphatic heterocycles. The first kappa shape index (κ1) is 14.5. The zero-order valence-corrected chi connectivity index (χ0v) is 11.4. The fourth-order valence-corrected chi connectivity index (χ4v) is 1.77. The topological polar surface area (TPSA) is 81.5 Å². The van der Waals surface area contributed by atoms with Gasteiger partial charge in [0, 0.05) is 12.1 Å². The molecule has 108 valence electrons. The summed E-state index contributed by atoms with van der Waals surface area (Å²) in [4.78, 5) is 21.8. The summed E-state index contributed by atoms with van der Waals surface area (Å²) in [5.74, 6) is 0.248. The molecule has 2 rings (SSSR count). The molecule has 0 unspecified atom stereocenters. The van der Waals surface area contributed by atoms with Crippen molar-refractivity contribution in [2.75, 3.05) is 0 Å². The number of rotatable bonds is 4. The highest BCUT2D eigenvalue weighted by Gasteiger charge is 2.12. The van der Waals surface area contributed by atoms with Crippen LogP contribution in [-0.2, 0) is 0 Å². The van der Waals surface area contributed by atoms with Gasteiger partial charge in [0.25, 0.3) is 5.69 Å². The molecule has 6 nitrogen and oxygen atoms in total. The first-order valence-corrected chi connectivity index (χ1v) is 6.34. The van der Waals surface area contributed by atoms with Crippen LogP contribution in [0.4, 0.5) is 10.5 Å². The van der Waals surface area contributed by atoms with Crippen molar-refractivity contribution >= 4 is 11.8 Å². The second-order valence-corrected chi connectivity index (χ2v) is 4.42. The molecule has 6 heteroatoms. The molecule has 2 aromatic rings. The minimum Gasteiger partial charge on any atom is -0.410 e. The summed E-state index contributed by atoms with van der Waals surface area (Å²) in [6.45, 7) is 1.84. The van der Waals surface area contributed by atoms with Gasteiger partial charge in [-0.25, -0.2) is 4.79 Å². The second kappa shape index (κ2) is 6.51. The molecular weight excluding hydrogens is 272 g/mol. The normalized spacial score (nSPS) is 11.5. The third kappa shape index (κ3) is 4.04. The number of carbonyl (C=O) groups is 1. The summed E-state index contributed by atoms with van der Waals surface area (Å²) in [6, 6.07) is 14.6. The SMILES string of the molecule is C[C@H](NC(=O)Oc1ccc([N+](=O)[O-])cc1)c1ccccc1. The Bertz CT molecular complexity index is 626. The van der Waals surface area contributed by atoms with Crippen LogP contribution in [0.5, 0.6) is 5.75 Å². The van der Waals surface area contributed by atoms with E-state index in [-0.39, 0.29) is 17.5 Å². The van der Waals surface area contributed by atoms with Crippen LogP contribution < -0.4 is 10.1 Å². The van der Waals surface area contributed by atoms with Gasteiger partial charge in [0.05, 0.1) is 11.0 Å². The lowest BCUT2D eigenvalue weighted by Crippen LogP contribution is -2.29. The van der Waals surface area contributed by atoms with Gasteiger partial charge in [-0.15, -0.1) is 0 Å². The first-order valence-electron chi connectivity index (χ1n) is 6.34. The summed E-state index contributed by atoms with van der Waals surface area (Å²) in [5, 5.41) is 13.2. The monoisotopic (exact) mass is 286 g/mol. The Morgan fingerprint density at radius 2 is 1.76 bits per heavy atom. The summed E-state index contributed by atoms with van der Waals surface area (Å²) >= 11 is 0. The van der Waals surface area contributed by atoms with Crippen molar-refractivity contribution in [3.8, 4) is 5.75 Å². The van der Waals surface area contributed by atoms with Crippen molar-refractivity contribution in [3.63, 3.8) is 0 Å². The van der Waals surface area contributed by atoms with E-state index in [1.807, 2.05) is 37.3 Å². The van der Waals surface area contributed by atoms with Crippen molar-refractivity contribution < 1.29 is 14.5 Å². The molecule has 0 aliphatic rings. The Kier molecular flexibility index (Phi) is 4.50. The average Bonchev–Trinajstić information content (AvgIpc) is 2.48. The van der Waals surface area contributed by atoms with E-state index in [9.17, 15) is 14.9 Å². The number of hydrogen-bond acceptors (Lipinski definition) is 4. The van der Waals surface area contributed by atoms with Gasteiger partial charge in [-0.2, -0.15) is 0 Å². The highest BCUT2D eigenvalue weighted by molar-refractivity contribution is 5.71. The average molecular weight is 286 g/mol. The molecule has 1 atom stereocenters. The molecule has 21 heavy (non-hydrogen) atoms. The lowest BCUT2D eigenvalue weighted by molar-refractivity contribution is -0.384. The van der Waals surface area contributed by atoms with Crippen molar-refractivity contribution in [1.29, 1.82) is 0 Å². The summed E-state index contributed by atoms with van der Waals surface area (Å²) in [7, 11) is 0. The van der Waals surface area contributed by atoms with E-state index in [1.54, 1.807) is 0 Å². The number of ether oxygens (including phenoxy) is 1. The van der Waals surface area contributed by atoms with Crippen LogP contribution in [0.2, 0.25) is 0 Å². The molecule has 0 spiro atoms. The third-order valence-corrected chi connectivity index (χ3v) is 2.89. The number of non-ortho nitro benzene ring substituents is 1.